The number of amides is 2. The molecule has 0 aliphatic carbocycles. The molecule has 1 atom stereocenters. The zero-order chi connectivity index (χ0) is 19.4. The molecular formula is C21H25N3O3. The lowest BCUT2D eigenvalue weighted by atomic mass is 10.1. The highest BCUT2D eigenvalue weighted by Crippen LogP contribution is 2.30. The Labute approximate surface area is 159 Å². The molecule has 2 aromatic rings. The van der Waals surface area contributed by atoms with E-state index in [2.05, 4.69) is 10.2 Å². The van der Waals surface area contributed by atoms with Gasteiger partial charge in [0.25, 0.3) is 5.91 Å². The molecule has 1 aliphatic rings. The number of carbonyl (C=O) groups excluding carboxylic acids is 2. The molecular weight excluding hydrogens is 342 g/mol. The van der Waals surface area contributed by atoms with Crippen LogP contribution < -0.4 is 20.7 Å². The van der Waals surface area contributed by atoms with E-state index >= 15 is 0 Å². The topological polar surface area (TPSA) is 84.7 Å². The molecule has 3 N–H and O–H groups in total. The van der Waals surface area contributed by atoms with Crippen molar-refractivity contribution >= 4 is 23.2 Å². The van der Waals surface area contributed by atoms with Gasteiger partial charge in [-0.1, -0.05) is 12.1 Å². The summed E-state index contributed by atoms with van der Waals surface area (Å²) in [5.41, 5.74) is 8.30. The molecule has 1 saturated heterocycles. The number of carbonyl (C=O) groups is 2. The standard InChI is InChI=1S/C21H25N3O3/c1-14-6-5-7-17(12-14)27-15(2)21(26)23-18-13-16(20(22)25)8-9-19(18)24-10-3-4-11-24/h5-9,12-13,15H,3-4,10-11H2,1-2H3,(H2,22,25)(H,23,26). The maximum Gasteiger partial charge on any atom is 0.265 e. The van der Waals surface area contributed by atoms with Gasteiger partial charge in [-0.15, -0.1) is 0 Å². The van der Waals surface area contributed by atoms with Crippen LogP contribution in [0.2, 0.25) is 0 Å². The van der Waals surface area contributed by atoms with E-state index in [0.29, 0.717) is 17.0 Å². The van der Waals surface area contributed by atoms with Crippen LogP contribution >= 0.6 is 0 Å². The minimum absolute atomic E-state index is 0.279. The summed E-state index contributed by atoms with van der Waals surface area (Å²) in [5.74, 6) is -0.163. The quantitative estimate of drug-likeness (QED) is 0.822. The van der Waals surface area contributed by atoms with Crippen LogP contribution in [0.3, 0.4) is 0 Å². The number of hydrogen-bond donors (Lipinski definition) is 2. The van der Waals surface area contributed by atoms with E-state index in [4.69, 9.17) is 10.5 Å². The van der Waals surface area contributed by atoms with Crippen LogP contribution in [0.5, 0.6) is 5.75 Å². The third-order valence-corrected chi connectivity index (χ3v) is 4.66. The summed E-state index contributed by atoms with van der Waals surface area (Å²) >= 11 is 0. The van der Waals surface area contributed by atoms with Crippen molar-refractivity contribution in [3.63, 3.8) is 0 Å². The number of anilines is 2. The lowest BCUT2D eigenvalue weighted by molar-refractivity contribution is -0.122. The van der Waals surface area contributed by atoms with Crippen LogP contribution in [0, 0.1) is 6.92 Å². The number of hydrogen-bond acceptors (Lipinski definition) is 4. The van der Waals surface area contributed by atoms with E-state index in [9.17, 15) is 9.59 Å². The first-order chi connectivity index (χ1) is 12.9. The first-order valence-corrected chi connectivity index (χ1v) is 9.17. The zero-order valence-electron chi connectivity index (χ0n) is 15.7. The van der Waals surface area contributed by atoms with Crippen LogP contribution in [-0.2, 0) is 4.79 Å². The number of ether oxygens (including phenoxy) is 1. The van der Waals surface area contributed by atoms with E-state index < -0.39 is 12.0 Å². The van der Waals surface area contributed by atoms with E-state index in [-0.39, 0.29) is 5.91 Å². The fourth-order valence-corrected chi connectivity index (χ4v) is 3.20. The van der Waals surface area contributed by atoms with E-state index in [1.165, 1.54) is 0 Å². The Morgan fingerprint density at radius 3 is 2.56 bits per heavy atom. The fourth-order valence-electron chi connectivity index (χ4n) is 3.20. The summed E-state index contributed by atoms with van der Waals surface area (Å²) in [6.07, 6.45) is 1.53. The summed E-state index contributed by atoms with van der Waals surface area (Å²) in [5, 5.41) is 2.90. The van der Waals surface area contributed by atoms with Crippen LogP contribution in [0.15, 0.2) is 42.5 Å². The summed E-state index contributed by atoms with van der Waals surface area (Å²) in [4.78, 5) is 26.4. The van der Waals surface area contributed by atoms with Gasteiger partial charge in [0.15, 0.2) is 6.10 Å². The SMILES string of the molecule is Cc1cccc(OC(C)C(=O)Nc2cc(C(N)=O)ccc2N2CCCC2)c1. The third kappa shape index (κ3) is 4.58. The molecule has 1 unspecified atom stereocenters. The zero-order valence-corrected chi connectivity index (χ0v) is 15.7. The molecule has 1 heterocycles. The monoisotopic (exact) mass is 367 g/mol. The van der Waals surface area contributed by atoms with Crippen molar-refractivity contribution in [2.75, 3.05) is 23.3 Å². The van der Waals surface area contributed by atoms with Crippen LogP contribution in [0.4, 0.5) is 11.4 Å². The van der Waals surface area contributed by atoms with Crippen LogP contribution in [0.1, 0.15) is 35.7 Å². The number of aryl methyl sites for hydroxylation is 1. The maximum absolute atomic E-state index is 12.7. The minimum atomic E-state index is -0.685. The summed E-state index contributed by atoms with van der Waals surface area (Å²) in [6, 6.07) is 12.7. The number of nitrogens with zero attached hydrogens (tertiary/aromatic N) is 1. The Hall–Kier alpha value is -3.02. The lowest BCUT2D eigenvalue weighted by Crippen LogP contribution is -2.31. The molecule has 0 spiro atoms. The highest BCUT2D eigenvalue weighted by Gasteiger charge is 2.21. The van der Waals surface area contributed by atoms with Gasteiger partial charge in [-0.25, -0.2) is 0 Å². The van der Waals surface area contributed by atoms with E-state index in [0.717, 1.165) is 37.2 Å². The van der Waals surface area contributed by atoms with Gasteiger partial charge in [0.2, 0.25) is 5.91 Å². The number of nitrogens with one attached hydrogen (secondary N) is 1. The van der Waals surface area contributed by atoms with E-state index in [1.54, 1.807) is 19.1 Å². The molecule has 6 nitrogen and oxygen atoms in total. The van der Waals surface area contributed by atoms with Crippen molar-refractivity contribution < 1.29 is 14.3 Å². The first kappa shape index (κ1) is 18.8. The molecule has 3 rings (SSSR count). The van der Waals surface area contributed by atoms with Crippen LogP contribution in [-0.4, -0.2) is 31.0 Å². The van der Waals surface area contributed by atoms with Crippen molar-refractivity contribution in [2.24, 2.45) is 5.73 Å². The van der Waals surface area contributed by atoms with Crippen molar-refractivity contribution in [1.82, 2.24) is 0 Å². The van der Waals surface area contributed by atoms with Crippen LogP contribution in [0.25, 0.3) is 0 Å². The summed E-state index contributed by atoms with van der Waals surface area (Å²) in [7, 11) is 0. The Balaban J connectivity index is 1.78. The average molecular weight is 367 g/mol. The Bertz CT molecular complexity index is 844. The van der Waals surface area contributed by atoms with Gasteiger partial charge in [-0.05, 0) is 62.6 Å². The molecule has 1 fully saturated rings. The van der Waals surface area contributed by atoms with Gasteiger partial charge in [0.1, 0.15) is 5.75 Å². The second-order valence-corrected chi connectivity index (χ2v) is 6.86. The Kier molecular flexibility index (Phi) is 5.64. The minimum Gasteiger partial charge on any atom is -0.481 e. The lowest BCUT2D eigenvalue weighted by Gasteiger charge is -2.23. The first-order valence-electron chi connectivity index (χ1n) is 9.17. The van der Waals surface area contributed by atoms with Crippen molar-refractivity contribution in [1.29, 1.82) is 0 Å². The third-order valence-electron chi connectivity index (χ3n) is 4.66. The summed E-state index contributed by atoms with van der Waals surface area (Å²) < 4.78 is 5.75. The predicted octanol–water partition coefficient (Wildman–Crippen LogP) is 3.10. The van der Waals surface area contributed by atoms with Crippen molar-refractivity contribution in [2.45, 2.75) is 32.8 Å². The maximum atomic E-state index is 12.7. The molecule has 0 aromatic heterocycles. The molecule has 0 saturated carbocycles. The molecule has 1 aliphatic heterocycles. The van der Waals surface area contributed by atoms with Gasteiger partial charge in [-0.3, -0.25) is 9.59 Å². The normalized spacial score (nSPS) is 14.7. The van der Waals surface area contributed by atoms with Crippen molar-refractivity contribution in [3.8, 4) is 5.75 Å². The second-order valence-electron chi connectivity index (χ2n) is 6.86. The smallest absolute Gasteiger partial charge is 0.265 e. The molecule has 2 aromatic carbocycles. The number of nitrogens with two attached hydrogens (primary N) is 1. The van der Waals surface area contributed by atoms with Gasteiger partial charge >= 0.3 is 0 Å². The largest absolute Gasteiger partial charge is 0.481 e. The molecule has 142 valence electrons. The number of benzene rings is 2. The molecule has 2 amide bonds. The Morgan fingerprint density at radius 2 is 1.89 bits per heavy atom. The summed E-state index contributed by atoms with van der Waals surface area (Å²) in [6.45, 7) is 5.52. The van der Waals surface area contributed by atoms with Gasteiger partial charge in [0.05, 0.1) is 11.4 Å². The predicted molar refractivity (Wildman–Crippen MR) is 106 cm³/mol. The van der Waals surface area contributed by atoms with Crippen molar-refractivity contribution in [3.05, 3.63) is 53.6 Å². The molecule has 27 heavy (non-hydrogen) atoms. The number of primary amides is 1. The highest BCUT2D eigenvalue weighted by atomic mass is 16.5. The molecule has 0 radical (unpaired) electrons. The van der Waals surface area contributed by atoms with Gasteiger partial charge in [0, 0.05) is 18.7 Å². The average Bonchev–Trinajstić information content (AvgIpc) is 3.16. The highest BCUT2D eigenvalue weighted by molar-refractivity contribution is 6.00. The van der Waals surface area contributed by atoms with Gasteiger partial charge < -0.3 is 20.7 Å². The molecule has 0 bridgehead atoms. The van der Waals surface area contributed by atoms with Gasteiger partial charge in [-0.2, -0.15) is 0 Å². The molecule has 6 heteroatoms. The van der Waals surface area contributed by atoms with E-state index in [1.807, 2.05) is 37.3 Å². The number of rotatable bonds is 6. The second kappa shape index (κ2) is 8.12. The fraction of sp³-hybridized carbons (Fsp3) is 0.333. The Morgan fingerprint density at radius 1 is 1.15 bits per heavy atom.